The summed E-state index contributed by atoms with van der Waals surface area (Å²) in [6.45, 7) is 6.62. The van der Waals surface area contributed by atoms with Gasteiger partial charge in [0.1, 0.15) is 0 Å². The van der Waals surface area contributed by atoms with Gasteiger partial charge in [0.15, 0.2) is 0 Å². The van der Waals surface area contributed by atoms with Crippen LogP contribution in [0.3, 0.4) is 0 Å². The highest BCUT2D eigenvalue weighted by molar-refractivity contribution is 5.64. The summed E-state index contributed by atoms with van der Waals surface area (Å²) in [5, 5.41) is 0. The SMILES string of the molecule is C.CCCCc1ccc(-c2ccc(CCC(N)(CC)CC)cc2)cc1. The fourth-order valence-electron chi connectivity index (χ4n) is 3.11. The Kier molecular flexibility index (Phi) is 8.92. The molecule has 25 heavy (non-hydrogen) atoms. The lowest BCUT2D eigenvalue weighted by molar-refractivity contribution is 0.367. The van der Waals surface area contributed by atoms with Crippen molar-refractivity contribution in [2.24, 2.45) is 5.73 Å². The topological polar surface area (TPSA) is 26.0 Å². The van der Waals surface area contributed by atoms with Crippen LogP contribution < -0.4 is 5.73 Å². The zero-order valence-electron chi connectivity index (χ0n) is 15.6. The third kappa shape index (κ3) is 6.32. The maximum Gasteiger partial charge on any atom is 0.0152 e. The van der Waals surface area contributed by atoms with E-state index >= 15 is 0 Å². The monoisotopic (exact) mass is 339 g/mol. The van der Waals surface area contributed by atoms with Gasteiger partial charge in [-0.25, -0.2) is 0 Å². The lowest BCUT2D eigenvalue weighted by Gasteiger charge is -2.26. The van der Waals surface area contributed by atoms with Crippen molar-refractivity contribution in [2.75, 3.05) is 0 Å². The Balaban J connectivity index is 0.00000312. The molecule has 0 saturated heterocycles. The lowest BCUT2D eigenvalue weighted by atomic mass is 9.87. The highest BCUT2D eigenvalue weighted by atomic mass is 14.7. The normalized spacial score (nSPS) is 11.2. The Bertz CT molecular complexity index is 591. The molecule has 1 nitrogen and oxygen atoms in total. The molecule has 0 spiro atoms. The van der Waals surface area contributed by atoms with E-state index < -0.39 is 0 Å². The standard InChI is InChI=1S/C23H33N.CH4/c1-4-7-8-19-9-13-21(14-10-19)22-15-11-20(12-16-22)17-18-23(24,5-2)6-3;/h9-16H,4-8,17-18,24H2,1-3H3;1H4. The van der Waals surface area contributed by atoms with E-state index in [1.165, 1.54) is 41.5 Å². The molecule has 0 aliphatic heterocycles. The molecule has 2 aromatic rings. The molecule has 0 aliphatic rings. The lowest BCUT2D eigenvalue weighted by Crippen LogP contribution is -2.38. The summed E-state index contributed by atoms with van der Waals surface area (Å²) in [5.74, 6) is 0. The van der Waals surface area contributed by atoms with Crippen LogP contribution in [0.1, 0.15) is 71.4 Å². The van der Waals surface area contributed by atoms with E-state index in [1.54, 1.807) is 0 Å². The van der Waals surface area contributed by atoms with Gasteiger partial charge in [0.25, 0.3) is 0 Å². The molecule has 2 N–H and O–H groups in total. The summed E-state index contributed by atoms with van der Waals surface area (Å²) in [5.41, 5.74) is 11.8. The van der Waals surface area contributed by atoms with Crippen molar-refractivity contribution in [3.63, 3.8) is 0 Å². The van der Waals surface area contributed by atoms with Gasteiger partial charge in [-0.05, 0) is 60.8 Å². The first-order valence-electron chi connectivity index (χ1n) is 9.57. The van der Waals surface area contributed by atoms with Gasteiger partial charge in [-0.1, -0.05) is 83.1 Å². The second-order valence-electron chi connectivity index (χ2n) is 7.07. The molecular weight excluding hydrogens is 302 g/mol. The van der Waals surface area contributed by atoms with Crippen molar-refractivity contribution in [1.82, 2.24) is 0 Å². The van der Waals surface area contributed by atoms with Crippen LogP contribution in [-0.4, -0.2) is 5.54 Å². The van der Waals surface area contributed by atoms with Crippen molar-refractivity contribution >= 4 is 0 Å². The van der Waals surface area contributed by atoms with Crippen molar-refractivity contribution < 1.29 is 0 Å². The predicted molar refractivity (Wildman–Crippen MR) is 113 cm³/mol. The Morgan fingerprint density at radius 1 is 0.720 bits per heavy atom. The van der Waals surface area contributed by atoms with Crippen molar-refractivity contribution in [1.29, 1.82) is 0 Å². The van der Waals surface area contributed by atoms with E-state index in [4.69, 9.17) is 5.73 Å². The van der Waals surface area contributed by atoms with Gasteiger partial charge in [0, 0.05) is 5.54 Å². The second-order valence-corrected chi connectivity index (χ2v) is 7.07. The number of rotatable bonds is 9. The maximum absolute atomic E-state index is 6.41. The first kappa shape index (κ1) is 21.4. The van der Waals surface area contributed by atoms with Crippen molar-refractivity contribution in [2.45, 2.75) is 78.7 Å². The first-order chi connectivity index (χ1) is 11.6. The van der Waals surface area contributed by atoms with Crippen molar-refractivity contribution in [3.05, 3.63) is 59.7 Å². The van der Waals surface area contributed by atoms with E-state index in [1.807, 2.05) is 0 Å². The number of aryl methyl sites for hydroxylation is 2. The Hall–Kier alpha value is -1.60. The van der Waals surface area contributed by atoms with Crippen molar-refractivity contribution in [3.8, 4) is 11.1 Å². The molecule has 0 radical (unpaired) electrons. The minimum atomic E-state index is -0.00695. The minimum absolute atomic E-state index is 0. The molecule has 0 amide bonds. The summed E-state index contributed by atoms with van der Waals surface area (Å²) in [6, 6.07) is 18.0. The molecule has 0 saturated carbocycles. The molecule has 0 aromatic heterocycles. The van der Waals surface area contributed by atoms with Crippen LogP contribution in [-0.2, 0) is 12.8 Å². The predicted octanol–water partition coefficient (Wildman–Crippen LogP) is 6.78. The number of nitrogens with two attached hydrogens (primary N) is 1. The summed E-state index contributed by atoms with van der Waals surface area (Å²) >= 11 is 0. The molecule has 2 rings (SSSR count). The molecule has 138 valence electrons. The third-order valence-electron chi connectivity index (χ3n) is 5.38. The van der Waals surface area contributed by atoms with Crippen LogP contribution >= 0.6 is 0 Å². The van der Waals surface area contributed by atoms with Gasteiger partial charge in [0.2, 0.25) is 0 Å². The van der Waals surface area contributed by atoms with Gasteiger partial charge >= 0.3 is 0 Å². The molecule has 0 bridgehead atoms. The Morgan fingerprint density at radius 3 is 1.56 bits per heavy atom. The third-order valence-corrected chi connectivity index (χ3v) is 5.38. The quantitative estimate of drug-likeness (QED) is 0.535. The van der Waals surface area contributed by atoms with E-state index in [-0.39, 0.29) is 13.0 Å². The molecule has 0 aliphatic carbocycles. The molecule has 0 atom stereocenters. The number of unbranched alkanes of at least 4 members (excludes halogenated alkanes) is 1. The van der Waals surface area contributed by atoms with Crippen LogP contribution in [0.5, 0.6) is 0 Å². The molecule has 0 heterocycles. The summed E-state index contributed by atoms with van der Waals surface area (Å²) in [4.78, 5) is 0. The zero-order valence-corrected chi connectivity index (χ0v) is 15.6. The van der Waals surface area contributed by atoms with Crippen LogP contribution in [0.4, 0.5) is 0 Å². The second kappa shape index (κ2) is 10.4. The summed E-state index contributed by atoms with van der Waals surface area (Å²) in [6.07, 6.45) is 7.93. The van der Waals surface area contributed by atoms with Gasteiger partial charge in [-0.15, -0.1) is 0 Å². The summed E-state index contributed by atoms with van der Waals surface area (Å²) < 4.78 is 0. The fraction of sp³-hybridized carbons (Fsp3) is 0.500. The van der Waals surface area contributed by atoms with E-state index in [2.05, 4.69) is 69.3 Å². The zero-order chi connectivity index (χ0) is 17.4. The van der Waals surface area contributed by atoms with Crippen LogP contribution in [0.25, 0.3) is 11.1 Å². The highest BCUT2D eigenvalue weighted by Gasteiger charge is 2.19. The largest absolute Gasteiger partial charge is 0.325 e. The van der Waals surface area contributed by atoms with Gasteiger partial charge < -0.3 is 5.73 Å². The highest BCUT2D eigenvalue weighted by Crippen LogP contribution is 2.23. The van der Waals surface area contributed by atoms with Gasteiger partial charge in [-0.3, -0.25) is 0 Å². The minimum Gasteiger partial charge on any atom is -0.325 e. The fourth-order valence-corrected chi connectivity index (χ4v) is 3.11. The number of hydrogen-bond acceptors (Lipinski definition) is 1. The molecule has 0 unspecified atom stereocenters. The molecule has 1 heteroatoms. The first-order valence-corrected chi connectivity index (χ1v) is 9.57. The van der Waals surface area contributed by atoms with E-state index in [0.29, 0.717) is 0 Å². The van der Waals surface area contributed by atoms with Gasteiger partial charge in [-0.2, -0.15) is 0 Å². The molecular formula is C24H37N. The van der Waals surface area contributed by atoms with E-state index in [9.17, 15) is 0 Å². The number of benzene rings is 2. The molecule has 2 aromatic carbocycles. The Labute approximate surface area is 155 Å². The van der Waals surface area contributed by atoms with E-state index in [0.717, 1.165) is 25.7 Å². The van der Waals surface area contributed by atoms with Crippen LogP contribution in [0.2, 0.25) is 0 Å². The Morgan fingerprint density at radius 2 is 1.16 bits per heavy atom. The summed E-state index contributed by atoms with van der Waals surface area (Å²) in [7, 11) is 0. The van der Waals surface area contributed by atoms with Crippen LogP contribution in [0, 0.1) is 0 Å². The number of hydrogen-bond donors (Lipinski definition) is 1. The average Bonchev–Trinajstić information content (AvgIpc) is 2.65. The molecule has 0 fully saturated rings. The van der Waals surface area contributed by atoms with Crippen LogP contribution in [0.15, 0.2) is 48.5 Å². The average molecular weight is 340 g/mol. The maximum atomic E-state index is 6.41. The smallest absolute Gasteiger partial charge is 0.0152 e. The van der Waals surface area contributed by atoms with Gasteiger partial charge in [0.05, 0.1) is 0 Å².